The number of pyridine rings is 1. The highest BCUT2D eigenvalue weighted by Crippen LogP contribution is 2.36. The van der Waals surface area contributed by atoms with Crippen LogP contribution in [0, 0.1) is 11.3 Å². The first kappa shape index (κ1) is 9.01. The molecule has 0 bridgehead atoms. The number of rotatable bonds is 2. The molecule has 1 aliphatic carbocycles. The molecule has 0 N–H and O–H groups in total. The predicted molar refractivity (Wildman–Crippen MR) is 52.1 cm³/mol. The van der Waals surface area contributed by atoms with Crippen LogP contribution in [0.15, 0.2) is 12.3 Å². The Hall–Kier alpha value is -1.56. The van der Waals surface area contributed by atoms with Gasteiger partial charge in [0, 0.05) is 11.6 Å². The molecule has 0 spiro atoms. The quantitative estimate of drug-likeness (QED) is 0.715. The highest BCUT2D eigenvalue weighted by Gasteiger charge is 2.21. The number of hydrogen-bond donors (Lipinski definition) is 0. The minimum absolute atomic E-state index is 0.563. The van der Waals surface area contributed by atoms with Gasteiger partial charge in [-0.1, -0.05) is 6.42 Å². The van der Waals surface area contributed by atoms with E-state index in [0.717, 1.165) is 5.69 Å². The predicted octanol–water partition coefficient (Wildman–Crippen LogP) is 2.23. The molecule has 72 valence electrons. The van der Waals surface area contributed by atoms with E-state index in [1.807, 2.05) is 6.07 Å². The minimum Gasteiger partial charge on any atom is -0.494 e. The van der Waals surface area contributed by atoms with E-state index in [9.17, 15) is 0 Å². The molecule has 0 amide bonds. The third-order valence-corrected chi connectivity index (χ3v) is 2.75. The number of nitrogens with zero attached hydrogens (tertiary/aromatic N) is 2. The van der Waals surface area contributed by atoms with E-state index in [1.54, 1.807) is 13.3 Å². The fraction of sp³-hybridized carbons (Fsp3) is 0.455. The largest absolute Gasteiger partial charge is 0.494 e. The summed E-state index contributed by atoms with van der Waals surface area (Å²) >= 11 is 0. The van der Waals surface area contributed by atoms with Crippen molar-refractivity contribution in [2.24, 2.45) is 0 Å². The number of ether oxygens (including phenoxy) is 1. The van der Waals surface area contributed by atoms with Gasteiger partial charge in [-0.15, -0.1) is 0 Å². The van der Waals surface area contributed by atoms with Crippen LogP contribution in [0.4, 0.5) is 0 Å². The van der Waals surface area contributed by atoms with Crippen LogP contribution in [0.25, 0.3) is 0 Å². The zero-order valence-electron chi connectivity index (χ0n) is 8.16. The molecule has 1 aromatic rings. The van der Waals surface area contributed by atoms with Gasteiger partial charge in [0.1, 0.15) is 6.07 Å². The summed E-state index contributed by atoms with van der Waals surface area (Å²) in [5.41, 5.74) is 1.62. The van der Waals surface area contributed by atoms with Crippen LogP contribution < -0.4 is 4.74 Å². The normalized spacial score (nSPS) is 15.7. The third-order valence-electron chi connectivity index (χ3n) is 2.75. The van der Waals surface area contributed by atoms with Gasteiger partial charge in [-0.3, -0.25) is 4.98 Å². The van der Waals surface area contributed by atoms with Crippen LogP contribution in [-0.2, 0) is 0 Å². The summed E-state index contributed by atoms with van der Waals surface area (Å²) in [7, 11) is 1.56. The van der Waals surface area contributed by atoms with E-state index in [4.69, 9.17) is 10.00 Å². The fourth-order valence-electron chi connectivity index (χ4n) is 1.64. The summed E-state index contributed by atoms with van der Waals surface area (Å²) in [5, 5.41) is 8.89. The van der Waals surface area contributed by atoms with Crippen molar-refractivity contribution < 1.29 is 4.74 Å². The zero-order valence-corrected chi connectivity index (χ0v) is 8.16. The van der Waals surface area contributed by atoms with Crippen LogP contribution in [0.2, 0.25) is 0 Å². The van der Waals surface area contributed by atoms with E-state index >= 15 is 0 Å². The first-order valence-electron chi connectivity index (χ1n) is 4.79. The highest BCUT2D eigenvalue weighted by molar-refractivity contribution is 5.42. The Morgan fingerprint density at radius 1 is 1.57 bits per heavy atom. The topological polar surface area (TPSA) is 45.9 Å². The van der Waals surface area contributed by atoms with Gasteiger partial charge in [-0.05, 0) is 18.9 Å². The van der Waals surface area contributed by atoms with E-state index in [1.165, 1.54) is 19.3 Å². The van der Waals surface area contributed by atoms with Crippen LogP contribution in [0.5, 0.6) is 5.75 Å². The number of hydrogen-bond acceptors (Lipinski definition) is 3. The number of aromatic nitrogens is 1. The lowest BCUT2D eigenvalue weighted by atomic mass is 9.82. The molecule has 2 rings (SSSR count). The van der Waals surface area contributed by atoms with Crippen LogP contribution in [0.1, 0.15) is 36.4 Å². The monoisotopic (exact) mass is 188 g/mol. The molecule has 1 heterocycles. The minimum atomic E-state index is 0.563. The summed E-state index contributed by atoms with van der Waals surface area (Å²) in [4.78, 5) is 4.30. The van der Waals surface area contributed by atoms with E-state index in [-0.39, 0.29) is 0 Å². The molecular weight excluding hydrogens is 176 g/mol. The molecule has 1 aliphatic rings. The maximum atomic E-state index is 8.89. The molecule has 1 saturated carbocycles. The van der Waals surface area contributed by atoms with Crippen molar-refractivity contribution in [2.45, 2.75) is 25.2 Å². The molecule has 1 aromatic heterocycles. The first-order valence-corrected chi connectivity index (χ1v) is 4.79. The number of methoxy groups -OCH3 is 1. The molecule has 0 atom stereocenters. The second-order valence-corrected chi connectivity index (χ2v) is 3.55. The van der Waals surface area contributed by atoms with Crippen LogP contribution >= 0.6 is 0 Å². The lowest BCUT2D eigenvalue weighted by Crippen LogP contribution is -2.10. The highest BCUT2D eigenvalue weighted by atomic mass is 16.5. The summed E-state index contributed by atoms with van der Waals surface area (Å²) in [6.45, 7) is 0. The summed E-state index contributed by atoms with van der Waals surface area (Å²) in [6, 6.07) is 3.97. The van der Waals surface area contributed by atoms with Crippen molar-refractivity contribution >= 4 is 0 Å². The summed E-state index contributed by atoms with van der Waals surface area (Å²) < 4.78 is 5.04. The second-order valence-electron chi connectivity index (χ2n) is 3.55. The fourth-order valence-corrected chi connectivity index (χ4v) is 1.64. The van der Waals surface area contributed by atoms with Gasteiger partial charge in [-0.25, -0.2) is 0 Å². The average Bonchev–Trinajstić information content (AvgIpc) is 2.15. The van der Waals surface area contributed by atoms with Crippen LogP contribution in [0.3, 0.4) is 0 Å². The molecule has 0 radical (unpaired) electrons. The summed E-state index contributed by atoms with van der Waals surface area (Å²) in [6.07, 6.45) is 5.32. The second kappa shape index (κ2) is 3.67. The molecule has 0 aromatic carbocycles. The van der Waals surface area contributed by atoms with Crippen molar-refractivity contribution in [3.8, 4) is 11.8 Å². The van der Waals surface area contributed by atoms with Crippen molar-refractivity contribution in [2.75, 3.05) is 7.11 Å². The SMILES string of the molecule is COc1cnc(C2CCC2)cc1C#N. The van der Waals surface area contributed by atoms with Gasteiger partial charge in [0.05, 0.1) is 18.9 Å². The molecule has 0 unspecified atom stereocenters. The van der Waals surface area contributed by atoms with Crippen molar-refractivity contribution in [1.29, 1.82) is 5.26 Å². The molecular formula is C11H12N2O. The van der Waals surface area contributed by atoms with Gasteiger partial charge < -0.3 is 4.74 Å². The van der Waals surface area contributed by atoms with Gasteiger partial charge in [-0.2, -0.15) is 5.26 Å². The zero-order chi connectivity index (χ0) is 9.97. The maximum absolute atomic E-state index is 8.89. The maximum Gasteiger partial charge on any atom is 0.154 e. The smallest absolute Gasteiger partial charge is 0.154 e. The Morgan fingerprint density at radius 2 is 2.36 bits per heavy atom. The molecule has 3 heteroatoms. The number of nitriles is 1. The average molecular weight is 188 g/mol. The molecule has 0 aliphatic heterocycles. The first-order chi connectivity index (χ1) is 6.85. The molecule has 1 fully saturated rings. The lowest BCUT2D eigenvalue weighted by molar-refractivity contribution is 0.399. The Labute approximate surface area is 83.3 Å². The third kappa shape index (κ3) is 1.44. The van der Waals surface area contributed by atoms with Crippen molar-refractivity contribution in [3.63, 3.8) is 0 Å². The molecule has 3 nitrogen and oxygen atoms in total. The van der Waals surface area contributed by atoms with E-state index < -0.39 is 0 Å². The Bertz CT molecular complexity index is 377. The van der Waals surface area contributed by atoms with Gasteiger partial charge in [0.15, 0.2) is 5.75 Å². The molecule has 14 heavy (non-hydrogen) atoms. The van der Waals surface area contributed by atoms with Gasteiger partial charge in [0.25, 0.3) is 0 Å². The standard InChI is InChI=1S/C11H12N2O/c1-14-11-7-13-10(5-9(11)6-12)8-3-2-4-8/h5,7-8H,2-4H2,1H3. The van der Waals surface area contributed by atoms with Crippen LogP contribution in [-0.4, -0.2) is 12.1 Å². The van der Waals surface area contributed by atoms with E-state index in [0.29, 0.717) is 17.2 Å². The Kier molecular flexibility index (Phi) is 2.36. The van der Waals surface area contributed by atoms with E-state index in [2.05, 4.69) is 11.1 Å². The van der Waals surface area contributed by atoms with Crippen molar-refractivity contribution in [1.82, 2.24) is 4.98 Å². The van der Waals surface area contributed by atoms with Gasteiger partial charge >= 0.3 is 0 Å². The Balaban J connectivity index is 2.32. The lowest BCUT2D eigenvalue weighted by Gasteiger charge is -2.24. The van der Waals surface area contributed by atoms with Crippen molar-refractivity contribution in [3.05, 3.63) is 23.5 Å². The molecule has 0 saturated heterocycles. The van der Waals surface area contributed by atoms with Gasteiger partial charge in [0.2, 0.25) is 0 Å². The Morgan fingerprint density at radius 3 is 2.86 bits per heavy atom. The summed E-state index contributed by atoms with van der Waals surface area (Å²) in [5.74, 6) is 1.13.